The zero-order valence-corrected chi connectivity index (χ0v) is 16.0. The molecule has 1 aromatic heterocycles. The summed E-state index contributed by atoms with van der Waals surface area (Å²) in [7, 11) is 0. The van der Waals surface area contributed by atoms with E-state index in [1.54, 1.807) is 6.21 Å². The smallest absolute Gasteiger partial charge is 0.133 e. The van der Waals surface area contributed by atoms with E-state index in [1.807, 2.05) is 29.6 Å². The zero-order valence-electron chi connectivity index (χ0n) is 13.0. The Morgan fingerprint density at radius 2 is 1.88 bits per heavy atom. The number of aromatic nitrogens is 1. The van der Waals surface area contributed by atoms with E-state index in [1.165, 1.54) is 16.9 Å². The van der Waals surface area contributed by atoms with Crippen molar-refractivity contribution in [2.45, 2.75) is 12.8 Å². The number of nitrogens with zero attached hydrogens (tertiary/aromatic N) is 3. The summed E-state index contributed by atoms with van der Waals surface area (Å²) < 4.78 is 1.16. The van der Waals surface area contributed by atoms with Crippen LogP contribution in [0, 0.1) is 21.8 Å². The van der Waals surface area contributed by atoms with E-state index in [0.717, 1.165) is 25.5 Å². The lowest BCUT2D eigenvalue weighted by Gasteiger charge is -1.99. The molecule has 0 radical (unpaired) electrons. The minimum absolute atomic E-state index is 0.437. The molecule has 0 bridgehead atoms. The highest BCUT2D eigenvalue weighted by Gasteiger charge is 2.13. The Balaban J connectivity index is 1.80. The van der Waals surface area contributed by atoms with Crippen LogP contribution >= 0.6 is 33.9 Å². The van der Waals surface area contributed by atoms with Crippen LogP contribution in [0.3, 0.4) is 0 Å². The number of rotatable bonds is 4. The van der Waals surface area contributed by atoms with E-state index in [0.29, 0.717) is 0 Å². The Bertz CT molecular complexity index is 890. The fourth-order valence-electron chi connectivity index (χ4n) is 2.13. The molecule has 5 heteroatoms. The molecule has 1 atom stereocenters. The van der Waals surface area contributed by atoms with E-state index in [2.05, 4.69) is 69.8 Å². The summed E-state index contributed by atoms with van der Waals surface area (Å²) in [6.07, 6.45) is 1.67. The molecule has 0 aliphatic heterocycles. The second kappa shape index (κ2) is 7.69. The monoisotopic (exact) mass is 443 g/mol. The minimum atomic E-state index is -0.437. The van der Waals surface area contributed by atoms with Gasteiger partial charge in [0, 0.05) is 20.7 Å². The highest BCUT2D eigenvalue weighted by atomic mass is 127. The molecule has 1 unspecified atom stereocenters. The van der Waals surface area contributed by atoms with Gasteiger partial charge in [0.05, 0.1) is 17.5 Å². The highest BCUT2D eigenvalue weighted by Crippen LogP contribution is 2.26. The number of hydrogen-bond donors (Lipinski definition) is 0. The number of nitriles is 1. The molecule has 3 nitrogen and oxygen atoms in total. The van der Waals surface area contributed by atoms with Gasteiger partial charge in [0.1, 0.15) is 10.9 Å². The Morgan fingerprint density at radius 1 is 1.17 bits per heavy atom. The van der Waals surface area contributed by atoms with Crippen LogP contribution in [0.2, 0.25) is 0 Å². The molecule has 0 fully saturated rings. The first-order valence-electron chi connectivity index (χ1n) is 7.37. The van der Waals surface area contributed by atoms with Crippen LogP contribution in [0.4, 0.5) is 5.69 Å². The predicted octanol–water partition coefficient (Wildman–Crippen LogP) is 5.73. The van der Waals surface area contributed by atoms with Crippen molar-refractivity contribution in [2.75, 3.05) is 0 Å². The third-order valence-electron chi connectivity index (χ3n) is 3.47. The van der Waals surface area contributed by atoms with Gasteiger partial charge >= 0.3 is 0 Å². The van der Waals surface area contributed by atoms with Crippen molar-refractivity contribution in [1.82, 2.24) is 4.98 Å². The van der Waals surface area contributed by atoms with Gasteiger partial charge in [-0.2, -0.15) is 5.26 Å². The summed E-state index contributed by atoms with van der Waals surface area (Å²) in [6.45, 7) is 2.06. The van der Waals surface area contributed by atoms with Gasteiger partial charge in [-0.1, -0.05) is 29.8 Å². The maximum atomic E-state index is 9.44. The SMILES string of the molecule is Cc1ccc(-c2csc(C(C#N)C=Nc3ccc(I)cc3)n2)cc1. The molecule has 3 aromatic rings. The predicted molar refractivity (Wildman–Crippen MR) is 108 cm³/mol. The van der Waals surface area contributed by atoms with Crippen molar-refractivity contribution in [3.05, 3.63) is 68.1 Å². The van der Waals surface area contributed by atoms with E-state index in [-0.39, 0.29) is 0 Å². The summed E-state index contributed by atoms with van der Waals surface area (Å²) in [5, 5.41) is 12.2. The summed E-state index contributed by atoms with van der Waals surface area (Å²) in [4.78, 5) is 9.02. The Labute approximate surface area is 158 Å². The maximum absolute atomic E-state index is 9.44. The lowest BCUT2D eigenvalue weighted by atomic mass is 10.1. The van der Waals surface area contributed by atoms with E-state index < -0.39 is 5.92 Å². The molecule has 118 valence electrons. The van der Waals surface area contributed by atoms with Crippen molar-refractivity contribution in [2.24, 2.45) is 4.99 Å². The van der Waals surface area contributed by atoms with Crippen molar-refractivity contribution in [1.29, 1.82) is 5.26 Å². The van der Waals surface area contributed by atoms with Gasteiger partial charge in [0.2, 0.25) is 0 Å². The fourth-order valence-corrected chi connectivity index (χ4v) is 3.32. The van der Waals surface area contributed by atoms with Crippen LogP contribution in [-0.2, 0) is 0 Å². The van der Waals surface area contributed by atoms with E-state index in [9.17, 15) is 5.26 Å². The van der Waals surface area contributed by atoms with E-state index >= 15 is 0 Å². The second-order valence-corrected chi connectivity index (χ2v) is 7.43. The van der Waals surface area contributed by atoms with Gasteiger partial charge in [-0.05, 0) is 53.8 Å². The number of aryl methyl sites for hydroxylation is 1. The lowest BCUT2D eigenvalue weighted by molar-refractivity contribution is 1.12. The molecular formula is C19H14IN3S. The summed E-state index contributed by atoms with van der Waals surface area (Å²) in [6, 6.07) is 18.4. The van der Waals surface area contributed by atoms with Gasteiger partial charge in [0.25, 0.3) is 0 Å². The van der Waals surface area contributed by atoms with Gasteiger partial charge in [0.15, 0.2) is 0 Å². The first kappa shape index (κ1) is 16.8. The van der Waals surface area contributed by atoms with Gasteiger partial charge in [-0.25, -0.2) is 4.98 Å². The molecule has 1 heterocycles. The van der Waals surface area contributed by atoms with Crippen LogP contribution in [0.15, 0.2) is 58.9 Å². The third-order valence-corrected chi connectivity index (χ3v) is 5.12. The van der Waals surface area contributed by atoms with E-state index in [4.69, 9.17) is 0 Å². The Morgan fingerprint density at radius 3 is 2.54 bits per heavy atom. The number of halogens is 1. The number of thiazole rings is 1. The van der Waals surface area contributed by atoms with Crippen molar-refractivity contribution in [3.8, 4) is 17.3 Å². The normalized spacial score (nSPS) is 12.2. The molecule has 3 rings (SSSR count). The quantitative estimate of drug-likeness (QED) is 0.382. The number of aliphatic imine (C=N–C) groups is 1. The minimum Gasteiger partial charge on any atom is -0.259 e. The fraction of sp³-hybridized carbons (Fsp3) is 0.105. The number of hydrogen-bond acceptors (Lipinski definition) is 4. The first-order valence-corrected chi connectivity index (χ1v) is 9.33. The van der Waals surface area contributed by atoms with Gasteiger partial charge in [-0.15, -0.1) is 11.3 Å². The molecule has 0 spiro atoms. The Hall–Kier alpha value is -2.04. The summed E-state index contributed by atoms with van der Waals surface area (Å²) in [5.74, 6) is -0.437. The molecule has 2 aromatic carbocycles. The number of benzene rings is 2. The van der Waals surface area contributed by atoms with Crippen LogP contribution in [0.25, 0.3) is 11.3 Å². The summed E-state index contributed by atoms with van der Waals surface area (Å²) >= 11 is 3.75. The molecule has 0 amide bonds. The molecule has 0 aliphatic rings. The molecule has 0 N–H and O–H groups in total. The second-order valence-electron chi connectivity index (χ2n) is 5.30. The van der Waals surface area contributed by atoms with Crippen molar-refractivity contribution >= 4 is 45.8 Å². The maximum Gasteiger partial charge on any atom is 0.133 e. The molecular weight excluding hydrogens is 429 g/mol. The molecule has 0 aliphatic carbocycles. The van der Waals surface area contributed by atoms with Crippen LogP contribution in [0.5, 0.6) is 0 Å². The summed E-state index contributed by atoms with van der Waals surface area (Å²) in [5.41, 5.74) is 4.02. The largest absolute Gasteiger partial charge is 0.259 e. The standard InChI is InChI=1S/C19H14IN3S/c1-13-2-4-14(5-3-13)18-12-24-19(23-18)15(10-21)11-22-17-8-6-16(20)7-9-17/h2-9,11-12,15H,1H3. The van der Waals surface area contributed by atoms with Gasteiger partial charge < -0.3 is 0 Å². The molecule has 24 heavy (non-hydrogen) atoms. The molecule has 0 saturated heterocycles. The van der Waals surface area contributed by atoms with Gasteiger partial charge in [-0.3, -0.25) is 4.99 Å². The zero-order chi connectivity index (χ0) is 16.9. The molecule has 0 saturated carbocycles. The Kier molecular flexibility index (Phi) is 5.38. The topological polar surface area (TPSA) is 49.0 Å². The van der Waals surface area contributed by atoms with Crippen LogP contribution in [-0.4, -0.2) is 11.2 Å². The highest BCUT2D eigenvalue weighted by molar-refractivity contribution is 14.1. The first-order chi connectivity index (χ1) is 11.7. The van der Waals surface area contributed by atoms with Crippen molar-refractivity contribution < 1.29 is 0 Å². The van der Waals surface area contributed by atoms with Crippen molar-refractivity contribution in [3.63, 3.8) is 0 Å². The van der Waals surface area contributed by atoms with Crippen LogP contribution in [0.1, 0.15) is 16.5 Å². The average Bonchev–Trinajstić information content (AvgIpc) is 3.08. The van der Waals surface area contributed by atoms with Crippen LogP contribution < -0.4 is 0 Å². The lowest BCUT2D eigenvalue weighted by Crippen LogP contribution is -1.96. The average molecular weight is 443 g/mol. The third kappa shape index (κ3) is 4.08.